The molecule has 2 aromatic rings. The van der Waals surface area contributed by atoms with Crippen molar-refractivity contribution in [2.24, 2.45) is 4.99 Å². The first-order valence-corrected chi connectivity index (χ1v) is 7.48. The van der Waals surface area contributed by atoms with Gasteiger partial charge in [-0.3, -0.25) is 9.69 Å². The number of anilines is 1. The highest BCUT2D eigenvalue weighted by molar-refractivity contribution is 8.14. The third-order valence-electron chi connectivity index (χ3n) is 2.98. The molecule has 1 heterocycles. The monoisotopic (exact) mass is 282 g/mol. The quantitative estimate of drug-likeness (QED) is 0.838. The summed E-state index contributed by atoms with van der Waals surface area (Å²) in [5.41, 5.74) is 1.74. The second kappa shape index (κ2) is 5.92. The normalized spacial score (nSPS) is 17.5. The minimum atomic E-state index is 0.102. The van der Waals surface area contributed by atoms with Gasteiger partial charge in [0.1, 0.15) is 0 Å². The number of aliphatic imine (C=N–C) groups is 1. The molecule has 4 heteroatoms. The van der Waals surface area contributed by atoms with Crippen LogP contribution in [0.4, 0.5) is 11.4 Å². The molecule has 0 unspecified atom stereocenters. The van der Waals surface area contributed by atoms with Gasteiger partial charge in [0.15, 0.2) is 5.17 Å². The van der Waals surface area contributed by atoms with Crippen molar-refractivity contribution in [1.82, 2.24) is 0 Å². The van der Waals surface area contributed by atoms with Crippen molar-refractivity contribution >= 4 is 34.2 Å². The maximum absolute atomic E-state index is 12.2. The zero-order chi connectivity index (χ0) is 13.8. The molecule has 0 aromatic heterocycles. The van der Waals surface area contributed by atoms with Crippen LogP contribution in [0.5, 0.6) is 0 Å². The Morgan fingerprint density at radius 3 is 2.30 bits per heavy atom. The van der Waals surface area contributed by atoms with Gasteiger partial charge in [-0.05, 0) is 24.3 Å². The van der Waals surface area contributed by atoms with Crippen LogP contribution in [0, 0.1) is 0 Å². The van der Waals surface area contributed by atoms with Gasteiger partial charge >= 0.3 is 0 Å². The molecule has 0 spiro atoms. The molecule has 1 amide bonds. The van der Waals surface area contributed by atoms with E-state index in [1.165, 1.54) is 0 Å². The SMILES string of the molecule is O=C1CCSC(=Nc2ccccc2)N1c1ccccc1. The second-order valence-corrected chi connectivity index (χ2v) is 5.46. The Balaban J connectivity index is 1.99. The summed E-state index contributed by atoms with van der Waals surface area (Å²) in [7, 11) is 0. The minimum absolute atomic E-state index is 0.102. The Morgan fingerprint density at radius 1 is 0.950 bits per heavy atom. The van der Waals surface area contributed by atoms with Gasteiger partial charge in [-0.25, -0.2) is 4.99 Å². The number of thioether (sulfide) groups is 1. The van der Waals surface area contributed by atoms with Gasteiger partial charge in [0.05, 0.1) is 11.4 Å². The van der Waals surface area contributed by atoms with Crippen LogP contribution >= 0.6 is 11.8 Å². The van der Waals surface area contributed by atoms with Crippen molar-refractivity contribution in [3.05, 3.63) is 60.7 Å². The van der Waals surface area contributed by atoms with E-state index in [1.54, 1.807) is 16.7 Å². The van der Waals surface area contributed by atoms with E-state index in [9.17, 15) is 4.79 Å². The number of benzene rings is 2. The number of amides is 1. The summed E-state index contributed by atoms with van der Waals surface area (Å²) in [5.74, 6) is 0.887. The topological polar surface area (TPSA) is 32.7 Å². The Morgan fingerprint density at radius 2 is 1.60 bits per heavy atom. The van der Waals surface area contributed by atoms with Crippen LogP contribution in [0.2, 0.25) is 0 Å². The minimum Gasteiger partial charge on any atom is -0.274 e. The summed E-state index contributed by atoms with van der Waals surface area (Å²) >= 11 is 1.62. The number of para-hydroxylation sites is 2. The Labute approximate surface area is 122 Å². The predicted octanol–water partition coefficient (Wildman–Crippen LogP) is 3.84. The Hall–Kier alpha value is -2.07. The average molecular weight is 282 g/mol. The number of amidine groups is 1. The zero-order valence-corrected chi connectivity index (χ0v) is 11.7. The fraction of sp³-hybridized carbons (Fsp3) is 0.125. The van der Waals surface area contributed by atoms with Gasteiger partial charge in [0.2, 0.25) is 5.91 Å². The lowest BCUT2D eigenvalue weighted by Crippen LogP contribution is -2.39. The van der Waals surface area contributed by atoms with E-state index in [1.807, 2.05) is 60.7 Å². The van der Waals surface area contributed by atoms with Crippen LogP contribution in [0.25, 0.3) is 0 Å². The average Bonchev–Trinajstić information content (AvgIpc) is 2.49. The molecule has 20 heavy (non-hydrogen) atoms. The Kier molecular flexibility index (Phi) is 3.83. The van der Waals surface area contributed by atoms with E-state index in [2.05, 4.69) is 4.99 Å². The first-order chi connectivity index (χ1) is 9.84. The lowest BCUT2D eigenvalue weighted by atomic mass is 10.3. The lowest BCUT2D eigenvalue weighted by molar-refractivity contribution is -0.117. The third kappa shape index (κ3) is 2.75. The maximum Gasteiger partial charge on any atom is 0.233 e. The molecule has 2 aromatic carbocycles. The van der Waals surface area contributed by atoms with Gasteiger partial charge in [0.25, 0.3) is 0 Å². The van der Waals surface area contributed by atoms with Gasteiger partial charge in [-0.1, -0.05) is 48.2 Å². The van der Waals surface area contributed by atoms with Crippen molar-refractivity contribution in [2.45, 2.75) is 6.42 Å². The van der Waals surface area contributed by atoms with Gasteiger partial charge in [0, 0.05) is 12.2 Å². The van der Waals surface area contributed by atoms with Crippen LogP contribution < -0.4 is 4.90 Å². The summed E-state index contributed by atoms with van der Waals surface area (Å²) < 4.78 is 0. The first kappa shape index (κ1) is 12.9. The van der Waals surface area contributed by atoms with Crippen LogP contribution in [0.15, 0.2) is 65.7 Å². The number of hydrogen-bond donors (Lipinski definition) is 0. The van der Waals surface area contributed by atoms with E-state index < -0.39 is 0 Å². The lowest BCUT2D eigenvalue weighted by Gasteiger charge is -2.27. The molecule has 0 saturated carbocycles. The van der Waals surface area contributed by atoms with E-state index >= 15 is 0 Å². The molecule has 0 N–H and O–H groups in total. The summed E-state index contributed by atoms with van der Waals surface area (Å²) in [6.45, 7) is 0. The van der Waals surface area contributed by atoms with Crippen molar-refractivity contribution < 1.29 is 4.79 Å². The van der Waals surface area contributed by atoms with Crippen LogP contribution in [0.3, 0.4) is 0 Å². The Bertz CT molecular complexity index is 625. The molecule has 0 atom stereocenters. The van der Waals surface area contributed by atoms with Gasteiger partial charge in [-0.15, -0.1) is 0 Å². The molecule has 3 rings (SSSR count). The maximum atomic E-state index is 12.2. The number of carbonyl (C=O) groups excluding carboxylic acids is 1. The first-order valence-electron chi connectivity index (χ1n) is 6.49. The van der Waals surface area contributed by atoms with Crippen LogP contribution in [-0.4, -0.2) is 16.8 Å². The highest BCUT2D eigenvalue weighted by Crippen LogP contribution is 2.27. The van der Waals surface area contributed by atoms with E-state index in [0.717, 1.165) is 22.3 Å². The number of rotatable bonds is 2. The molecule has 0 radical (unpaired) electrons. The van der Waals surface area contributed by atoms with Crippen molar-refractivity contribution in [1.29, 1.82) is 0 Å². The van der Waals surface area contributed by atoms with Crippen LogP contribution in [0.1, 0.15) is 6.42 Å². The molecule has 0 bridgehead atoms. The molecule has 1 aliphatic heterocycles. The summed E-state index contributed by atoms with van der Waals surface area (Å²) in [6.07, 6.45) is 0.549. The largest absolute Gasteiger partial charge is 0.274 e. The van der Waals surface area contributed by atoms with E-state index in [0.29, 0.717) is 6.42 Å². The van der Waals surface area contributed by atoms with Crippen molar-refractivity contribution in [3.63, 3.8) is 0 Å². The van der Waals surface area contributed by atoms with E-state index in [4.69, 9.17) is 0 Å². The highest BCUT2D eigenvalue weighted by atomic mass is 32.2. The molecule has 0 aliphatic carbocycles. The molecule has 3 nitrogen and oxygen atoms in total. The molecular formula is C16H14N2OS. The van der Waals surface area contributed by atoms with Crippen molar-refractivity contribution in [2.75, 3.05) is 10.7 Å². The van der Waals surface area contributed by atoms with Crippen molar-refractivity contribution in [3.8, 4) is 0 Å². The van der Waals surface area contributed by atoms with Crippen LogP contribution in [-0.2, 0) is 4.79 Å². The number of carbonyl (C=O) groups is 1. The molecule has 1 fully saturated rings. The van der Waals surface area contributed by atoms with Gasteiger partial charge < -0.3 is 0 Å². The summed E-state index contributed by atoms with van der Waals surface area (Å²) in [4.78, 5) is 18.5. The highest BCUT2D eigenvalue weighted by Gasteiger charge is 2.26. The van der Waals surface area contributed by atoms with Gasteiger partial charge in [-0.2, -0.15) is 0 Å². The fourth-order valence-corrected chi connectivity index (χ4v) is 3.00. The third-order valence-corrected chi connectivity index (χ3v) is 3.92. The smallest absolute Gasteiger partial charge is 0.233 e. The second-order valence-electron chi connectivity index (χ2n) is 4.39. The number of nitrogens with zero attached hydrogens (tertiary/aromatic N) is 2. The summed E-state index contributed by atoms with van der Waals surface area (Å²) in [5, 5.41) is 0.749. The summed E-state index contributed by atoms with van der Waals surface area (Å²) in [6, 6.07) is 19.4. The fourth-order valence-electron chi connectivity index (χ4n) is 2.04. The molecular weight excluding hydrogens is 268 g/mol. The zero-order valence-electron chi connectivity index (χ0n) is 10.9. The molecule has 1 aliphatic rings. The molecule has 100 valence electrons. The molecule has 1 saturated heterocycles. The van der Waals surface area contributed by atoms with E-state index in [-0.39, 0.29) is 5.91 Å². The predicted molar refractivity (Wildman–Crippen MR) is 84.5 cm³/mol. The number of hydrogen-bond acceptors (Lipinski definition) is 3. The standard InChI is InChI=1S/C16H14N2OS/c19-15-11-12-20-16(17-13-7-3-1-4-8-13)18(15)14-9-5-2-6-10-14/h1-10H,11-12H2.